The minimum Gasteiger partial charge on any atom is -0.494 e. The summed E-state index contributed by atoms with van der Waals surface area (Å²) in [4.78, 5) is 1.41. The highest BCUT2D eigenvalue weighted by Gasteiger charge is 1.97. The number of aliphatic hydroxyl groups is 1. The fourth-order valence-corrected chi connectivity index (χ4v) is 2.34. The molecule has 0 aliphatic heterocycles. The summed E-state index contributed by atoms with van der Waals surface area (Å²) in [5, 5.41) is 8.64. The minimum absolute atomic E-state index is 0.0101. The van der Waals surface area contributed by atoms with Gasteiger partial charge in [-0.25, -0.2) is 10.9 Å². The van der Waals surface area contributed by atoms with Gasteiger partial charge in [-0.3, -0.25) is 0 Å². The van der Waals surface area contributed by atoms with Crippen LogP contribution in [0.4, 0.5) is 0 Å². The molecule has 0 heterocycles. The monoisotopic (exact) mass is 256 g/mol. The molecule has 0 unspecified atom stereocenters. The van der Waals surface area contributed by atoms with Gasteiger partial charge in [0.2, 0.25) is 0 Å². The Labute approximate surface area is 107 Å². The largest absolute Gasteiger partial charge is 0.494 e. The average Bonchev–Trinajstić information content (AvgIpc) is 2.34. The fraction of sp³-hybridized carbons (Fsp3) is 0.571. The van der Waals surface area contributed by atoms with Gasteiger partial charge in [0.25, 0.3) is 0 Å². The summed E-state index contributed by atoms with van der Waals surface area (Å²) in [6.45, 7) is 1.08. The summed E-state index contributed by atoms with van der Waals surface area (Å²) < 4.78 is 5.67. The predicted molar refractivity (Wildman–Crippen MR) is 76.6 cm³/mol. The highest BCUT2D eigenvalue weighted by molar-refractivity contribution is 8.15. The van der Waals surface area contributed by atoms with Crippen molar-refractivity contribution in [3.8, 4) is 5.75 Å². The van der Waals surface area contributed by atoms with Gasteiger partial charge in [0.15, 0.2) is 0 Å². The van der Waals surface area contributed by atoms with E-state index in [9.17, 15) is 0 Å². The number of hydrogen-bond acceptors (Lipinski definition) is 2. The maximum Gasteiger partial charge on any atom is 0.119 e. The molecule has 0 aromatic heterocycles. The van der Waals surface area contributed by atoms with Crippen LogP contribution in [0.3, 0.4) is 0 Å². The van der Waals surface area contributed by atoms with Crippen molar-refractivity contribution in [2.75, 3.05) is 25.7 Å². The third-order valence-corrected chi connectivity index (χ3v) is 4.01. The van der Waals surface area contributed by atoms with E-state index in [0.29, 0.717) is 6.61 Å². The molecular formula is C14H24O2S. The topological polar surface area (TPSA) is 29.5 Å². The van der Waals surface area contributed by atoms with Gasteiger partial charge in [0.1, 0.15) is 5.75 Å². The molecular weight excluding hydrogens is 232 g/mol. The predicted octanol–water partition coefficient (Wildman–Crippen LogP) is 3.24. The van der Waals surface area contributed by atoms with Crippen LogP contribution in [0.15, 0.2) is 29.2 Å². The molecule has 0 saturated heterocycles. The number of ether oxygens (including phenoxy) is 1. The second-order valence-electron chi connectivity index (χ2n) is 4.37. The molecule has 1 aromatic rings. The molecule has 3 heteroatoms. The molecule has 0 fully saturated rings. The van der Waals surface area contributed by atoms with Crippen LogP contribution in [0, 0.1) is 0 Å². The third-order valence-electron chi connectivity index (χ3n) is 2.67. The maximum atomic E-state index is 8.64. The van der Waals surface area contributed by atoms with Gasteiger partial charge in [-0.15, -0.1) is 0 Å². The molecule has 1 aromatic carbocycles. The lowest BCUT2D eigenvalue weighted by atomic mass is 10.2. The van der Waals surface area contributed by atoms with Crippen LogP contribution < -0.4 is 4.74 Å². The molecule has 0 radical (unpaired) electrons. The Balaban J connectivity index is 2.19. The minimum atomic E-state index is -0.0101. The maximum absolute atomic E-state index is 8.64. The molecule has 1 rings (SSSR count). The Morgan fingerprint density at radius 1 is 1.00 bits per heavy atom. The lowest BCUT2D eigenvalue weighted by Crippen LogP contribution is -1.97. The molecule has 0 aliphatic carbocycles. The molecule has 0 aliphatic rings. The molecule has 0 saturated carbocycles. The zero-order valence-corrected chi connectivity index (χ0v) is 11.7. The molecule has 17 heavy (non-hydrogen) atoms. The van der Waals surface area contributed by atoms with E-state index in [2.05, 4.69) is 36.8 Å². The SMILES string of the molecule is C[SH](C)c1ccc(OCCCCCCO)cc1. The first-order valence-electron chi connectivity index (χ1n) is 6.25. The average molecular weight is 256 g/mol. The van der Waals surface area contributed by atoms with Crippen LogP contribution in [0.1, 0.15) is 25.7 Å². The van der Waals surface area contributed by atoms with E-state index in [0.717, 1.165) is 38.0 Å². The van der Waals surface area contributed by atoms with E-state index in [1.54, 1.807) is 0 Å². The highest BCUT2D eigenvalue weighted by atomic mass is 32.2. The van der Waals surface area contributed by atoms with E-state index >= 15 is 0 Å². The van der Waals surface area contributed by atoms with E-state index in [1.165, 1.54) is 4.90 Å². The summed E-state index contributed by atoms with van der Waals surface area (Å²) in [5.74, 6) is 0.966. The van der Waals surface area contributed by atoms with E-state index in [4.69, 9.17) is 9.84 Å². The second-order valence-corrected chi connectivity index (χ2v) is 6.68. The second kappa shape index (κ2) is 8.43. The summed E-state index contributed by atoms with van der Waals surface area (Å²) in [6.07, 6.45) is 8.71. The van der Waals surface area contributed by atoms with Crippen molar-refractivity contribution < 1.29 is 9.84 Å². The van der Waals surface area contributed by atoms with Crippen molar-refractivity contribution in [1.82, 2.24) is 0 Å². The number of thiol groups is 1. The zero-order chi connectivity index (χ0) is 12.5. The molecule has 0 spiro atoms. The summed E-state index contributed by atoms with van der Waals surface area (Å²) in [7, 11) is -0.0101. The number of unbranched alkanes of at least 4 members (excludes halogenated alkanes) is 3. The Morgan fingerprint density at radius 2 is 1.65 bits per heavy atom. The Kier molecular flexibility index (Phi) is 7.13. The molecule has 0 bridgehead atoms. The zero-order valence-electron chi connectivity index (χ0n) is 10.9. The van der Waals surface area contributed by atoms with Crippen LogP contribution in [0.25, 0.3) is 0 Å². The van der Waals surface area contributed by atoms with Crippen molar-refractivity contribution >= 4 is 10.9 Å². The molecule has 1 N–H and O–H groups in total. The summed E-state index contributed by atoms with van der Waals surface area (Å²) in [6, 6.07) is 8.44. The van der Waals surface area contributed by atoms with Crippen molar-refractivity contribution in [2.24, 2.45) is 0 Å². The molecule has 0 amide bonds. The quantitative estimate of drug-likeness (QED) is 0.552. The van der Waals surface area contributed by atoms with Gasteiger partial charge >= 0.3 is 0 Å². The van der Waals surface area contributed by atoms with Crippen molar-refractivity contribution in [2.45, 2.75) is 30.6 Å². The van der Waals surface area contributed by atoms with Gasteiger partial charge < -0.3 is 9.84 Å². The summed E-state index contributed by atoms with van der Waals surface area (Å²) in [5.41, 5.74) is 0. The van der Waals surface area contributed by atoms with Crippen LogP contribution >= 0.6 is 10.9 Å². The van der Waals surface area contributed by atoms with Crippen LogP contribution in [-0.2, 0) is 0 Å². The first-order chi connectivity index (χ1) is 8.24. The van der Waals surface area contributed by atoms with Gasteiger partial charge in [-0.2, -0.15) is 0 Å². The van der Waals surface area contributed by atoms with Crippen molar-refractivity contribution in [3.63, 3.8) is 0 Å². The number of aliphatic hydroxyl groups excluding tert-OH is 1. The van der Waals surface area contributed by atoms with Crippen molar-refractivity contribution in [3.05, 3.63) is 24.3 Å². The van der Waals surface area contributed by atoms with E-state index in [-0.39, 0.29) is 10.9 Å². The molecule has 2 nitrogen and oxygen atoms in total. The summed E-state index contributed by atoms with van der Waals surface area (Å²) >= 11 is 0. The fourth-order valence-electron chi connectivity index (χ4n) is 1.60. The van der Waals surface area contributed by atoms with Crippen LogP contribution in [0.2, 0.25) is 0 Å². The Bertz CT molecular complexity index is 296. The van der Waals surface area contributed by atoms with Crippen LogP contribution in [0.5, 0.6) is 5.75 Å². The van der Waals surface area contributed by atoms with Crippen LogP contribution in [-0.4, -0.2) is 30.8 Å². The van der Waals surface area contributed by atoms with Gasteiger partial charge in [0, 0.05) is 6.61 Å². The normalized spacial score (nSPS) is 11.4. The van der Waals surface area contributed by atoms with Crippen molar-refractivity contribution in [1.29, 1.82) is 0 Å². The lowest BCUT2D eigenvalue weighted by Gasteiger charge is -2.11. The third kappa shape index (κ3) is 5.99. The smallest absolute Gasteiger partial charge is 0.119 e. The Hall–Kier alpha value is -0.670. The number of benzene rings is 1. The number of rotatable bonds is 8. The standard InChI is InChI=1S/C14H24O2S/c1-17(2)14-9-7-13(8-10-14)16-12-6-4-3-5-11-15/h7-10,15,17H,3-6,11-12H2,1-2H3. The highest BCUT2D eigenvalue weighted by Crippen LogP contribution is 2.29. The Morgan fingerprint density at radius 3 is 2.24 bits per heavy atom. The lowest BCUT2D eigenvalue weighted by molar-refractivity contribution is 0.273. The van der Waals surface area contributed by atoms with E-state index < -0.39 is 0 Å². The van der Waals surface area contributed by atoms with Gasteiger partial charge in [0.05, 0.1) is 6.61 Å². The van der Waals surface area contributed by atoms with E-state index in [1.807, 2.05) is 0 Å². The van der Waals surface area contributed by atoms with Gasteiger partial charge in [-0.1, -0.05) is 6.42 Å². The molecule has 0 atom stereocenters. The first-order valence-corrected chi connectivity index (χ1v) is 8.48. The number of hydrogen-bond donors (Lipinski definition) is 2. The first kappa shape index (κ1) is 14.4. The molecule has 98 valence electrons. The van der Waals surface area contributed by atoms with Gasteiger partial charge in [-0.05, 0) is 60.9 Å².